The summed E-state index contributed by atoms with van der Waals surface area (Å²) >= 11 is 2.72. The number of amides is 3. The van der Waals surface area contributed by atoms with Gasteiger partial charge in [-0.25, -0.2) is 4.98 Å². The molecule has 0 aliphatic heterocycles. The molecular formula is C42H36N4O6S2. The summed E-state index contributed by atoms with van der Waals surface area (Å²) in [7, 11) is 4.68. The predicted molar refractivity (Wildman–Crippen MR) is 214 cm³/mol. The zero-order chi connectivity index (χ0) is 37.9. The molecule has 0 aliphatic carbocycles. The average Bonchev–Trinajstić information content (AvgIpc) is 3.69. The molecular weight excluding hydrogens is 721 g/mol. The van der Waals surface area contributed by atoms with E-state index in [1.54, 1.807) is 67.8 Å². The molecule has 1 heterocycles. The van der Waals surface area contributed by atoms with E-state index in [2.05, 4.69) is 20.9 Å². The molecule has 1 unspecified atom stereocenters. The SMILES string of the molecule is COc1ccc(-c2csc(NC(=O)C(Sc3ccc(NC(=O)/C(=C/c4cc(OC)ccc4OC)NC(=O)c4ccccc4)cc3)c3ccccc3)n2)cc1. The molecule has 12 heteroatoms. The Hall–Kier alpha value is -6.37. The summed E-state index contributed by atoms with van der Waals surface area (Å²) in [5.41, 5.74) is 3.88. The Kier molecular flexibility index (Phi) is 12.4. The Labute approximate surface area is 321 Å². The van der Waals surface area contributed by atoms with Crippen LogP contribution in [0.3, 0.4) is 0 Å². The van der Waals surface area contributed by atoms with Gasteiger partial charge >= 0.3 is 0 Å². The first-order valence-electron chi connectivity index (χ1n) is 16.7. The van der Waals surface area contributed by atoms with Crippen LogP contribution in [0, 0.1) is 0 Å². The van der Waals surface area contributed by atoms with Crippen LogP contribution in [-0.4, -0.2) is 44.0 Å². The third kappa shape index (κ3) is 9.54. The van der Waals surface area contributed by atoms with Gasteiger partial charge in [-0.1, -0.05) is 48.5 Å². The predicted octanol–water partition coefficient (Wildman–Crippen LogP) is 8.72. The number of anilines is 2. The van der Waals surface area contributed by atoms with E-state index >= 15 is 0 Å². The lowest BCUT2D eigenvalue weighted by Crippen LogP contribution is -2.30. The number of thiazole rings is 1. The van der Waals surface area contributed by atoms with Crippen molar-refractivity contribution in [3.63, 3.8) is 0 Å². The van der Waals surface area contributed by atoms with Gasteiger partial charge in [-0.3, -0.25) is 14.4 Å². The summed E-state index contributed by atoms with van der Waals surface area (Å²) in [6.45, 7) is 0. The fourth-order valence-corrected chi connectivity index (χ4v) is 7.05. The number of nitrogens with one attached hydrogen (secondary N) is 3. The molecule has 10 nitrogen and oxygen atoms in total. The van der Waals surface area contributed by atoms with E-state index in [1.807, 2.05) is 72.1 Å². The van der Waals surface area contributed by atoms with Gasteiger partial charge in [0.2, 0.25) is 5.91 Å². The van der Waals surface area contributed by atoms with Crippen LogP contribution in [-0.2, 0) is 9.59 Å². The minimum atomic E-state index is -0.597. The summed E-state index contributed by atoms with van der Waals surface area (Å²) < 4.78 is 16.1. The quantitative estimate of drug-likeness (QED) is 0.0744. The van der Waals surface area contributed by atoms with Gasteiger partial charge < -0.3 is 30.2 Å². The highest BCUT2D eigenvalue weighted by Crippen LogP contribution is 2.37. The number of methoxy groups -OCH3 is 3. The van der Waals surface area contributed by atoms with Gasteiger partial charge in [0, 0.05) is 32.7 Å². The Morgan fingerprint density at radius 1 is 0.741 bits per heavy atom. The zero-order valence-corrected chi connectivity index (χ0v) is 31.2. The average molecular weight is 757 g/mol. The van der Waals surface area contributed by atoms with E-state index in [4.69, 9.17) is 14.2 Å². The van der Waals surface area contributed by atoms with Crippen molar-refractivity contribution in [2.45, 2.75) is 10.1 Å². The molecule has 0 fully saturated rings. The summed E-state index contributed by atoms with van der Waals surface area (Å²) in [6.07, 6.45) is 1.53. The normalized spacial score (nSPS) is 11.6. The highest BCUT2D eigenvalue weighted by Gasteiger charge is 2.24. The Balaban J connectivity index is 1.19. The molecule has 0 aliphatic rings. The Morgan fingerprint density at radius 3 is 2.07 bits per heavy atom. The maximum atomic E-state index is 13.8. The summed E-state index contributed by atoms with van der Waals surface area (Å²) in [6, 6.07) is 38.0. The number of benzene rings is 5. The van der Waals surface area contributed by atoms with E-state index in [0.29, 0.717) is 33.4 Å². The highest BCUT2D eigenvalue weighted by atomic mass is 32.2. The van der Waals surface area contributed by atoms with Crippen molar-refractivity contribution in [3.05, 3.63) is 155 Å². The topological polar surface area (TPSA) is 128 Å². The van der Waals surface area contributed by atoms with Crippen LogP contribution >= 0.6 is 23.1 Å². The van der Waals surface area contributed by atoms with Gasteiger partial charge in [-0.05, 0) is 90.5 Å². The summed E-state index contributed by atoms with van der Waals surface area (Å²) in [5.74, 6) is 0.558. The van der Waals surface area contributed by atoms with E-state index < -0.39 is 17.1 Å². The van der Waals surface area contributed by atoms with Crippen LogP contribution in [0.5, 0.6) is 17.2 Å². The van der Waals surface area contributed by atoms with E-state index in [9.17, 15) is 14.4 Å². The van der Waals surface area contributed by atoms with Crippen LogP contribution in [0.1, 0.15) is 26.7 Å². The fourth-order valence-electron chi connectivity index (χ4n) is 5.30. The van der Waals surface area contributed by atoms with Crippen molar-refractivity contribution < 1.29 is 28.6 Å². The minimum Gasteiger partial charge on any atom is -0.497 e. The maximum Gasteiger partial charge on any atom is 0.272 e. The Morgan fingerprint density at radius 2 is 1.41 bits per heavy atom. The standard InChI is InChI=1S/C42H36N4O6S2/c1-50-32-18-14-27(15-19-32)36-26-53-42(45-36)46-41(49)38(28-10-6-4-7-11-28)54-34-21-16-31(17-22-34)43-40(48)35(44-39(47)29-12-8-5-9-13-29)25-30-24-33(51-2)20-23-37(30)52-3/h4-26,38H,1-3H3,(H,43,48)(H,44,47)(H,45,46,49)/b35-25-. The second-order valence-electron chi connectivity index (χ2n) is 11.6. The molecule has 0 bridgehead atoms. The van der Waals surface area contributed by atoms with Crippen LogP contribution in [0.15, 0.2) is 143 Å². The molecule has 3 N–H and O–H groups in total. The van der Waals surface area contributed by atoms with E-state index in [-0.39, 0.29) is 11.6 Å². The van der Waals surface area contributed by atoms with Gasteiger partial charge in [0.05, 0.1) is 27.0 Å². The van der Waals surface area contributed by atoms with Gasteiger partial charge in [0.15, 0.2) is 5.13 Å². The molecule has 1 aromatic heterocycles. The number of nitrogens with zero attached hydrogens (tertiary/aromatic N) is 1. The first-order valence-corrected chi connectivity index (χ1v) is 18.4. The maximum absolute atomic E-state index is 13.8. The molecule has 54 heavy (non-hydrogen) atoms. The first kappa shape index (κ1) is 37.4. The lowest BCUT2D eigenvalue weighted by Gasteiger charge is -2.17. The molecule has 0 spiro atoms. The number of rotatable bonds is 14. The molecule has 3 amide bonds. The summed E-state index contributed by atoms with van der Waals surface area (Å²) in [5, 5.41) is 10.4. The van der Waals surface area contributed by atoms with Crippen LogP contribution in [0.2, 0.25) is 0 Å². The summed E-state index contributed by atoms with van der Waals surface area (Å²) in [4.78, 5) is 46.1. The monoisotopic (exact) mass is 756 g/mol. The van der Waals surface area contributed by atoms with Crippen molar-refractivity contribution in [3.8, 4) is 28.5 Å². The molecule has 0 saturated carbocycles. The number of carbonyl (C=O) groups is 3. The van der Waals surface area contributed by atoms with Crippen molar-refractivity contribution in [2.75, 3.05) is 32.0 Å². The van der Waals surface area contributed by atoms with Gasteiger partial charge in [0.1, 0.15) is 28.2 Å². The third-order valence-corrected chi connectivity index (χ3v) is 10.1. The number of carbonyl (C=O) groups excluding carboxylic acids is 3. The van der Waals surface area contributed by atoms with Gasteiger partial charge in [-0.2, -0.15) is 0 Å². The number of aromatic nitrogens is 1. The number of hydrogen-bond acceptors (Lipinski definition) is 9. The van der Waals surface area contributed by atoms with E-state index in [0.717, 1.165) is 27.5 Å². The van der Waals surface area contributed by atoms with Crippen molar-refractivity contribution >= 4 is 57.7 Å². The lowest BCUT2D eigenvalue weighted by atomic mass is 10.1. The van der Waals surface area contributed by atoms with Crippen molar-refractivity contribution in [2.24, 2.45) is 0 Å². The van der Waals surface area contributed by atoms with E-state index in [1.165, 1.54) is 43.4 Å². The number of hydrogen-bond donors (Lipinski definition) is 3. The zero-order valence-electron chi connectivity index (χ0n) is 29.6. The molecule has 5 aromatic carbocycles. The van der Waals surface area contributed by atoms with Gasteiger partial charge in [0.25, 0.3) is 11.8 Å². The Bertz CT molecular complexity index is 2240. The third-order valence-electron chi connectivity index (χ3n) is 8.09. The largest absolute Gasteiger partial charge is 0.497 e. The van der Waals surface area contributed by atoms with Crippen LogP contribution < -0.4 is 30.2 Å². The van der Waals surface area contributed by atoms with Crippen molar-refractivity contribution in [1.82, 2.24) is 10.3 Å². The number of ether oxygens (including phenoxy) is 3. The number of thioether (sulfide) groups is 1. The second-order valence-corrected chi connectivity index (χ2v) is 13.7. The smallest absolute Gasteiger partial charge is 0.272 e. The first-order chi connectivity index (χ1) is 26.3. The fraction of sp³-hybridized carbons (Fsp3) is 0.0952. The molecule has 6 rings (SSSR count). The molecule has 272 valence electrons. The van der Waals surface area contributed by atoms with Crippen molar-refractivity contribution in [1.29, 1.82) is 0 Å². The van der Waals surface area contributed by atoms with Gasteiger partial charge in [-0.15, -0.1) is 23.1 Å². The lowest BCUT2D eigenvalue weighted by molar-refractivity contribution is -0.116. The second kappa shape index (κ2) is 17.9. The molecule has 0 saturated heterocycles. The molecule has 6 aromatic rings. The van der Waals surface area contributed by atoms with Crippen LogP contribution in [0.4, 0.5) is 10.8 Å². The minimum absolute atomic E-state index is 0.00740. The highest BCUT2D eigenvalue weighted by molar-refractivity contribution is 8.00. The molecule has 1 atom stereocenters. The molecule has 0 radical (unpaired) electrons. The van der Waals surface area contributed by atoms with Crippen LogP contribution in [0.25, 0.3) is 17.3 Å².